The topological polar surface area (TPSA) is 92.8 Å². The largest absolute Gasteiger partial charge is 0.461 e. The maximum atomic E-state index is 11.6. The van der Waals surface area contributed by atoms with Crippen molar-refractivity contribution in [3.8, 4) is 11.4 Å². The molecule has 0 saturated heterocycles. The Labute approximate surface area is 132 Å². The predicted molar refractivity (Wildman–Crippen MR) is 85.3 cm³/mol. The highest BCUT2D eigenvalue weighted by Gasteiger charge is 2.13. The fraction of sp³-hybridized carbons (Fsp3) is 0.125. The van der Waals surface area contributed by atoms with Crippen LogP contribution in [0.4, 0.5) is 11.6 Å². The molecule has 0 unspecified atom stereocenters. The van der Waals surface area contributed by atoms with Crippen LogP contribution in [0.15, 0.2) is 48.7 Å². The second-order valence-electron chi connectivity index (χ2n) is 4.64. The van der Waals surface area contributed by atoms with E-state index in [4.69, 9.17) is 4.74 Å². The summed E-state index contributed by atoms with van der Waals surface area (Å²) in [5, 5.41) is 9.84. The highest BCUT2D eigenvalue weighted by Crippen LogP contribution is 2.18. The summed E-state index contributed by atoms with van der Waals surface area (Å²) in [6, 6.07) is 13.0. The average molecular weight is 309 g/mol. The first-order chi connectivity index (χ1) is 11.3. The van der Waals surface area contributed by atoms with Crippen LogP contribution in [0.25, 0.3) is 11.4 Å². The molecule has 2 aromatic heterocycles. The van der Waals surface area contributed by atoms with E-state index in [1.165, 1.54) is 0 Å². The summed E-state index contributed by atoms with van der Waals surface area (Å²) in [6.45, 7) is 2.05. The molecule has 0 atom stereocenters. The number of H-pyrrole nitrogens is 1. The summed E-state index contributed by atoms with van der Waals surface area (Å²) < 4.78 is 4.91. The molecule has 2 N–H and O–H groups in total. The quantitative estimate of drug-likeness (QED) is 0.704. The molecule has 0 aliphatic heterocycles. The predicted octanol–water partition coefficient (Wildman–Crippen LogP) is 2.79. The molecule has 23 heavy (non-hydrogen) atoms. The van der Waals surface area contributed by atoms with Crippen LogP contribution in [0.2, 0.25) is 0 Å². The van der Waals surface area contributed by atoms with E-state index >= 15 is 0 Å². The number of aromatic nitrogens is 4. The maximum absolute atomic E-state index is 11.6. The third kappa shape index (κ3) is 3.52. The van der Waals surface area contributed by atoms with Gasteiger partial charge in [0.2, 0.25) is 5.95 Å². The Morgan fingerprint density at radius 1 is 1.26 bits per heavy atom. The molecule has 7 nitrogen and oxygen atoms in total. The van der Waals surface area contributed by atoms with Crippen molar-refractivity contribution in [2.45, 2.75) is 6.92 Å². The molecule has 3 rings (SSSR count). The van der Waals surface area contributed by atoms with Crippen LogP contribution in [-0.4, -0.2) is 32.7 Å². The minimum absolute atomic E-state index is 0.220. The molecular weight excluding hydrogens is 294 g/mol. The molecule has 7 heteroatoms. The van der Waals surface area contributed by atoms with Gasteiger partial charge >= 0.3 is 5.97 Å². The first kappa shape index (κ1) is 14.7. The number of nitrogens with zero attached hydrogens (tertiary/aromatic N) is 3. The number of hydrogen-bond donors (Lipinski definition) is 2. The van der Waals surface area contributed by atoms with Gasteiger partial charge in [0.1, 0.15) is 0 Å². The lowest BCUT2D eigenvalue weighted by molar-refractivity contribution is 0.0519. The summed E-state index contributed by atoms with van der Waals surface area (Å²) in [6.07, 6.45) is 1.64. The van der Waals surface area contributed by atoms with Gasteiger partial charge in [0.15, 0.2) is 5.69 Å². The van der Waals surface area contributed by atoms with Crippen molar-refractivity contribution in [3.05, 3.63) is 54.4 Å². The van der Waals surface area contributed by atoms with E-state index in [-0.39, 0.29) is 5.69 Å². The van der Waals surface area contributed by atoms with Gasteiger partial charge in [0.25, 0.3) is 0 Å². The van der Waals surface area contributed by atoms with Crippen LogP contribution < -0.4 is 5.32 Å². The Morgan fingerprint density at radius 3 is 2.87 bits per heavy atom. The molecule has 2 heterocycles. The van der Waals surface area contributed by atoms with Gasteiger partial charge in [-0.3, -0.25) is 5.10 Å². The molecule has 0 spiro atoms. The lowest BCUT2D eigenvalue weighted by atomic mass is 10.3. The van der Waals surface area contributed by atoms with Gasteiger partial charge in [-0.15, -0.1) is 0 Å². The molecule has 1 aromatic carbocycles. The Hall–Kier alpha value is -3.22. The highest BCUT2D eigenvalue weighted by atomic mass is 16.5. The average Bonchev–Trinajstić information content (AvgIpc) is 3.06. The molecule has 0 fully saturated rings. The second-order valence-corrected chi connectivity index (χ2v) is 4.64. The number of esters is 1. The van der Waals surface area contributed by atoms with Crippen molar-refractivity contribution in [2.75, 3.05) is 11.9 Å². The highest BCUT2D eigenvalue weighted by molar-refractivity contribution is 5.88. The minimum atomic E-state index is -0.466. The van der Waals surface area contributed by atoms with Crippen molar-refractivity contribution in [1.29, 1.82) is 0 Å². The van der Waals surface area contributed by atoms with Crippen molar-refractivity contribution in [3.63, 3.8) is 0 Å². The van der Waals surface area contributed by atoms with Gasteiger partial charge in [-0.05, 0) is 25.1 Å². The Kier molecular flexibility index (Phi) is 4.28. The summed E-state index contributed by atoms with van der Waals surface area (Å²) in [7, 11) is 0. The number of aromatic amines is 1. The van der Waals surface area contributed by atoms with Crippen LogP contribution in [0.1, 0.15) is 17.4 Å². The van der Waals surface area contributed by atoms with E-state index in [2.05, 4.69) is 25.5 Å². The van der Waals surface area contributed by atoms with Gasteiger partial charge in [-0.25, -0.2) is 14.8 Å². The molecule has 0 radical (unpaired) electrons. The van der Waals surface area contributed by atoms with Crippen LogP contribution >= 0.6 is 0 Å². The number of anilines is 2. The van der Waals surface area contributed by atoms with Crippen molar-refractivity contribution in [1.82, 2.24) is 20.2 Å². The molecule has 3 aromatic rings. The van der Waals surface area contributed by atoms with E-state index in [1.807, 2.05) is 30.3 Å². The summed E-state index contributed by atoms with van der Waals surface area (Å²) in [5.74, 6) is -0.00678. The number of carbonyl (C=O) groups excluding carboxylic acids is 1. The third-order valence-electron chi connectivity index (χ3n) is 3.02. The minimum Gasteiger partial charge on any atom is -0.461 e. The number of nitrogens with one attached hydrogen (secondary N) is 2. The number of rotatable bonds is 5. The zero-order chi connectivity index (χ0) is 16.1. The zero-order valence-electron chi connectivity index (χ0n) is 12.5. The molecule has 0 saturated carbocycles. The van der Waals surface area contributed by atoms with Gasteiger partial charge in [0.05, 0.1) is 18.0 Å². The smallest absolute Gasteiger partial charge is 0.358 e. The summed E-state index contributed by atoms with van der Waals surface area (Å²) >= 11 is 0. The van der Waals surface area contributed by atoms with Gasteiger partial charge in [-0.2, -0.15) is 5.10 Å². The molecule has 0 amide bonds. The normalized spacial score (nSPS) is 10.3. The first-order valence-electron chi connectivity index (χ1n) is 7.14. The number of para-hydroxylation sites is 1. The van der Waals surface area contributed by atoms with E-state index in [1.54, 1.807) is 25.3 Å². The Balaban J connectivity index is 1.81. The van der Waals surface area contributed by atoms with Gasteiger partial charge < -0.3 is 10.1 Å². The molecule has 0 bridgehead atoms. The van der Waals surface area contributed by atoms with Crippen LogP contribution in [0.3, 0.4) is 0 Å². The number of hydrogen-bond acceptors (Lipinski definition) is 6. The van der Waals surface area contributed by atoms with Crippen LogP contribution in [0.5, 0.6) is 0 Å². The fourth-order valence-electron chi connectivity index (χ4n) is 1.98. The lowest BCUT2D eigenvalue weighted by Gasteiger charge is -2.05. The summed E-state index contributed by atoms with van der Waals surface area (Å²) in [5.41, 5.74) is 2.35. The summed E-state index contributed by atoms with van der Waals surface area (Å²) in [4.78, 5) is 20.2. The maximum Gasteiger partial charge on any atom is 0.358 e. The van der Waals surface area contributed by atoms with Crippen LogP contribution in [-0.2, 0) is 4.74 Å². The van der Waals surface area contributed by atoms with E-state index in [9.17, 15) is 4.79 Å². The molecular formula is C16H15N5O2. The third-order valence-corrected chi connectivity index (χ3v) is 3.02. The van der Waals surface area contributed by atoms with E-state index < -0.39 is 5.97 Å². The van der Waals surface area contributed by atoms with Crippen molar-refractivity contribution < 1.29 is 9.53 Å². The Bertz CT molecular complexity index is 801. The monoisotopic (exact) mass is 309 g/mol. The van der Waals surface area contributed by atoms with E-state index in [0.717, 1.165) is 5.69 Å². The molecule has 116 valence electrons. The van der Waals surface area contributed by atoms with Gasteiger partial charge in [-0.1, -0.05) is 18.2 Å². The molecule has 0 aliphatic rings. The zero-order valence-corrected chi connectivity index (χ0v) is 12.5. The van der Waals surface area contributed by atoms with Gasteiger partial charge in [0, 0.05) is 18.0 Å². The standard InChI is InChI=1S/C16H15N5O2/c1-2-23-15(22)14-10-13(20-21-14)12-8-9-17-16(19-12)18-11-6-4-3-5-7-11/h3-10H,2H2,1H3,(H,20,21)(H,17,18,19). The number of benzene rings is 1. The molecule has 0 aliphatic carbocycles. The number of carbonyl (C=O) groups is 1. The SMILES string of the molecule is CCOC(=O)c1cc(-c2ccnc(Nc3ccccc3)n2)[nH]n1. The first-order valence-corrected chi connectivity index (χ1v) is 7.14. The lowest BCUT2D eigenvalue weighted by Crippen LogP contribution is -2.04. The second kappa shape index (κ2) is 6.69. The van der Waals surface area contributed by atoms with E-state index in [0.29, 0.717) is 23.9 Å². The van der Waals surface area contributed by atoms with Crippen LogP contribution in [0, 0.1) is 0 Å². The van der Waals surface area contributed by atoms with Crippen molar-refractivity contribution >= 4 is 17.6 Å². The Morgan fingerprint density at radius 2 is 2.09 bits per heavy atom. The van der Waals surface area contributed by atoms with Crippen molar-refractivity contribution in [2.24, 2.45) is 0 Å². The fourth-order valence-corrected chi connectivity index (χ4v) is 1.98. The number of ether oxygens (including phenoxy) is 1.